The number of benzene rings is 2. The molecular formula is C21H17ClF2N4O2S. The molecule has 0 saturated heterocycles. The summed E-state index contributed by atoms with van der Waals surface area (Å²) in [6.45, 7) is -0.197. The van der Waals surface area contributed by atoms with E-state index in [2.05, 4.69) is 20.0 Å². The number of nitrogens with one attached hydrogen (secondary N) is 2. The highest BCUT2D eigenvalue weighted by molar-refractivity contribution is 7.90. The Kier molecular flexibility index (Phi) is 5.88. The molecule has 0 fully saturated rings. The highest BCUT2D eigenvalue weighted by atomic mass is 35.5. The van der Waals surface area contributed by atoms with Gasteiger partial charge >= 0.3 is 0 Å². The van der Waals surface area contributed by atoms with Gasteiger partial charge in [-0.3, -0.25) is 4.98 Å². The zero-order chi connectivity index (χ0) is 22.0. The van der Waals surface area contributed by atoms with Crippen molar-refractivity contribution in [2.24, 2.45) is 4.99 Å². The van der Waals surface area contributed by atoms with Crippen LogP contribution < -0.4 is 10.0 Å². The molecule has 1 aromatic heterocycles. The third kappa shape index (κ3) is 4.52. The van der Waals surface area contributed by atoms with E-state index in [1.165, 1.54) is 24.4 Å². The van der Waals surface area contributed by atoms with Crippen molar-refractivity contribution in [1.82, 2.24) is 9.71 Å². The number of rotatable bonds is 5. The van der Waals surface area contributed by atoms with Crippen LogP contribution in [0.25, 0.3) is 0 Å². The van der Waals surface area contributed by atoms with Crippen LogP contribution in [-0.2, 0) is 29.4 Å². The Hall–Kier alpha value is -3.04. The minimum Gasteiger partial charge on any atom is -0.324 e. The van der Waals surface area contributed by atoms with Crippen molar-refractivity contribution >= 4 is 33.3 Å². The molecule has 1 aliphatic heterocycles. The first-order valence-electron chi connectivity index (χ1n) is 9.33. The molecule has 2 heterocycles. The maximum atomic E-state index is 14.7. The highest BCUT2D eigenvalue weighted by Crippen LogP contribution is 2.32. The van der Waals surface area contributed by atoms with Gasteiger partial charge in [0.2, 0.25) is 5.96 Å². The number of guanidine groups is 1. The Morgan fingerprint density at radius 2 is 1.81 bits per heavy atom. The van der Waals surface area contributed by atoms with Gasteiger partial charge in [-0.2, -0.15) is 0 Å². The number of aromatic nitrogens is 1. The smallest absolute Gasteiger partial charge is 0.266 e. The second kappa shape index (κ2) is 8.60. The maximum absolute atomic E-state index is 14.7. The Morgan fingerprint density at radius 3 is 2.58 bits per heavy atom. The number of nitrogens with zero attached hydrogens (tertiary/aromatic N) is 2. The van der Waals surface area contributed by atoms with Gasteiger partial charge < -0.3 is 5.32 Å². The number of anilines is 1. The molecule has 0 atom stereocenters. The van der Waals surface area contributed by atoms with Crippen LogP contribution in [-0.4, -0.2) is 19.4 Å². The van der Waals surface area contributed by atoms with Crippen molar-refractivity contribution < 1.29 is 17.2 Å². The molecule has 10 heteroatoms. The number of halogens is 3. The van der Waals surface area contributed by atoms with Gasteiger partial charge in [0, 0.05) is 16.8 Å². The molecule has 0 saturated carbocycles. The van der Waals surface area contributed by atoms with Gasteiger partial charge in [0.15, 0.2) is 0 Å². The van der Waals surface area contributed by atoms with Gasteiger partial charge in [0.05, 0.1) is 17.9 Å². The summed E-state index contributed by atoms with van der Waals surface area (Å²) in [5.41, 5.74) is 1.17. The molecule has 0 aliphatic carbocycles. The van der Waals surface area contributed by atoms with Crippen LogP contribution in [0.1, 0.15) is 16.8 Å². The van der Waals surface area contributed by atoms with E-state index in [1.54, 1.807) is 12.1 Å². The van der Waals surface area contributed by atoms with E-state index >= 15 is 0 Å². The SMILES string of the molecule is O=S1(=O)NC(=NCc2ncccc2F)Nc2c1ccc(F)c2CCc1ccccc1Cl. The summed E-state index contributed by atoms with van der Waals surface area (Å²) in [5, 5.41) is 3.39. The molecular weight excluding hydrogens is 446 g/mol. The summed E-state index contributed by atoms with van der Waals surface area (Å²) in [7, 11) is -3.99. The third-order valence-electron chi connectivity index (χ3n) is 4.81. The lowest BCUT2D eigenvalue weighted by Gasteiger charge is -2.24. The predicted octanol–water partition coefficient (Wildman–Crippen LogP) is 4.06. The van der Waals surface area contributed by atoms with Gasteiger partial charge in [-0.15, -0.1) is 0 Å². The van der Waals surface area contributed by atoms with Gasteiger partial charge in [-0.05, 0) is 48.7 Å². The lowest BCUT2D eigenvalue weighted by molar-refractivity contribution is 0.587. The average molecular weight is 463 g/mol. The second-order valence-corrected chi connectivity index (χ2v) is 8.88. The number of hydrogen-bond acceptors (Lipinski definition) is 4. The number of fused-ring (bicyclic) bond motifs is 1. The van der Waals surface area contributed by atoms with Crippen LogP contribution in [0.4, 0.5) is 14.5 Å². The monoisotopic (exact) mass is 462 g/mol. The van der Waals surface area contributed by atoms with Crippen LogP contribution in [0, 0.1) is 11.6 Å². The Bertz CT molecular complexity index is 1280. The van der Waals surface area contributed by atoms with E-state index < -0.39 is 21.7 Å². The molecule has 31 heavy (non-hydrogen) atoms. The molecule has 0 radical (unpaired) electrons. The van der Waals surface area contributed by atoms with E-state index in [4.69, 9.17) is 11.6 Å². The van der Waals surface area contributed by atoms with Crippen LogP contribution in [0.3, 0.4) is 0 Å². The first kappa shape index (κ1) is 21.2. The lowest BCUT2D eigenvalue weighted by Crippen LogP contribution is -2.41. The topological polar surface area (TPSA) is 83.5 Å². The number of aryl methyl sites for hydroxylation is 1. The normalized spacial score (nSPS) is 15.8. The number of sulfonamides is 1. The summed E-state index contributed by atoms with van der Waals surface area (Å²) in [6.07, 6.45) is 2.03. The van der Waals surface area contributed by atoms with Crippen LogP contribution in [0.2, 0.25) is 5.02 Å². The van der Waals surface area contributed by atoms with E-state index in [9.17, 15) is 17.2 Å². The highest BCUT2D eigenvalue weighted by Gasteiger charge is 2.30. The summed E-state index contributed by atoms with van der Waals surface area (Å²) >= 11 is 6.18. The summed E-state index contributed by atoms with van der Waals surface area (Å²) in [5.74, 6) is -1.25. The van der Waals surface area contributed by atoms with Crippen molar-refractivity contribution in [3.63, 3.8) is 0 Å². The van der Waals surface area contributed by atoms with E-state index in [0.717, 1.165) is 11.6 Å². The summed E-state index contributed by atoms with van der Waals surface area (Å²) in [4.78, 5) is 7.88. The lowest BCUT2D eigenvalue weighted by atomic mass is 10.0. The number of aliphatic imine (C=N–C) groups is 1. The van der Waals surface area contributed by atoms with Crippen molar-refractivity contribution in [3.05, 3.63) is 88.2 Å². The van der Waals surface area contributed by atoms with Gasteiger partial charge in [0.25, 0.3) is 10.0 Å². The summed E-state index contributed by atoms with van der Waals surface area (Å²) < 4.78 is 56.1. The van der Waals surface area contributed by atoms with Crippen molar-refractivity contribution in [2.45, 2.75) is 24.3 Å². The average Bonchev–Trinajstić information content (AvgIpc) is 2.73. The molecule has 2 aromatic carbocycles. The van der Waals surface area contributed by atoms with E-state index in [-0.39, 0.29) is 40.8 Å². The van der Waals surface area contributed by atoms with E-state index in [0.29, 0.717) is 11.4 Å². The largest absolute Gasteiger partial charge is 0.324 e. The van der Waals surface area contributed by atoms with Crippen molar-refractivity contribution in [2.75, 3.05) is 5.32 Å². The van der Waals surface area contributed by atoms with Crippen LogP contribution >= 0.6 is 11.6 Å². The molecule has 6 nitrogen and oxygen atoms in total. The van der Waals surface area contributed by atoms with Gasteiger partial charge in [-0.25, -0.2) is 26.9 Å². The molecule has 160 valence electrons. The minimum absolute atomic E-state index is 0.0555. The zero-order valence-electron chi connectivity index (χ0n) is 16.1. The molecule has 4 rings (SSSR count). The molecule has 0 amide bonds. The molecule has 3 aromatic rings. The van der Waals surface area contributed by atoms with Crippen molar-refractivity contribution in [1.29, 1.82) is 0 Å². The molecule has 2 N–H and O–H groups in total. The van der Waals surface area contributed by atoms with Gasteiger partial charge in [-0.1, -0.05) is 29.8 Å². The molecule has 0 bridgehead atoms. The first-order valence-corrected chi connectivity index (χ1v) is 11.2. The fourth-order valence-corrected chi connectivity index (χ4v) is 4.65. The molecule has 0 spiro atoms. The second-order valence-electron chi connectivity index (χ2n) is 6.82. The van der Waals surface area contributed by atoms with Crippen LogP contribution in [0.15, 0.2) is 64.6 Å². The number of hydrogen-bond donors (Lipinski definition) is 2. The fraction of sp³-hybridized carbons (Fsp3) is 0.143. The zero-order valence-corrected chi connectivity index (χ0v) is 17.6. The Balaban J connectivity index is 1.66. The molecule has 0 unspecified atom stereocenters. The Morgan fingerprint density at radius 1 is 1.00 bits per heavy atom. The summed E-state index contributed by atoms with van der Waals surface area (Å²) in [6, 6.07) is 12.2. The first-order chi connectivity index (χ1) is 14.8. The third-order valence-corrected chi connectivity index (χ3v) is 6.56. The predicted molar refractivity (Wildman–Crippen MR) is 115 cm³/mol. The maximum Gasteiger partial charge on any atom is 0.266 e. The quantitative estimate of drug-likeness (QED) is 0.599. The number of pyridine rings is 1. The van der Waals surface area contributed by atoms with Crippen LogP contribution in [0.5, 0.6) is 0 Å². The minimum atomic E-state index is -3.99. The fourth-order valence-electron chi connectivity index (χ4n) is 3.25. The Labute approximate surface area is 183 Å². The van der Waals surface area contributed by atoms with E-state index in [1.807, 2.05) is 12.1 Å². The van der Waals surface area contributed by atoms with Gasteiger partial charge in [0.1, 0.15) is 16.5 Å². The standard InChI is InChI=1S/C21H17ClF2N4O2S/c22-15-5-2-1-4-13(15)7-8-14-16(23)9-10-19-20(14)27-21(28-31(19,29)30)26-12-18-17(24)6-3-11-25-18/h1-6,9-11H,7-8,12H2,(H2,26,27,28). The van der Waals surface area contributed by atoms with Crippen molar-refractivity contribution in [3.8, 4) is 0 Å². The molecule has 1 aliphatic rings.